The second-order valence-electron chi connectivity index (χ2n) is 6.46. The molecule has 1 N–H and O–H groups in total. The molecule has 6 nitrogen and oxygen atoms in total. The molecule has 0 spiro atoms. The molecule has 6 heteroatoms. The van der Waals surface area contributed by atoms with E-state index in [1.807, 2.05) is 29.1 Å². The highest BCUT2D eigenvalue weighted by Gasteiger charge is 2.15. The monoisotopic (exact) mass is 326 g/mol. The molecule has 0 aliphatic carbocycles. The highest BCUT2D eigenvalue weighted by atomic mass is 16.5. The molecule has 126 valence electrons. The molecule has 1 aliphatic heterocycles. The molecule has 1 aromatic carbocycles. The zero-order valence-corrected chi connectivity index (χ0v) is 14.0. The van der Waals surface area contributed by atoms with Crippen molar-refractivity contribution in [2.75, 3.05) is 13.2 Å². The van der Waals surface area contributed by atoms with Crippen LogP contribution in [0.2, 0.25) is 0 Å². The minimum Gasteiger partial charge on any atom is -0.491 e. The van der Waals surface area contributed by atoms with Gasteiger partial charge >= 0.3 is 0 Å². The van der Waals surface area contributed by atoms with E-state index in [0.29, 0.717) is 12.6 Å². The summed E-state index contributed by atoms with van der Waals surface area (Å²) < 4.78 is 13.8. The lowest BCUT2D eigenvalue weighted by atomic mass is 10.1. The van der Waals surface area contributed by atoms with Gasteiger partial charge in [-0.05, 0) is 38.5 Å². The second kappa shape index (κ2) is 6.28. The Morgan fingerprint density at radius 2 is 2.08 bits per heavy atom. The third-order valence-corrected chi connectivity index (χ3v) is 4.55. The van der Waals surface area contributed by atoms with Crippen LogP contribution >= 0.6 is 0 Å². The molecule has 0 fully saturated rings. The number of nitrogens with zero attached hydrogens (tertiary/aromatic N) is 3. The number of H-pyrrole nitrogens is 1. The minimum atomic E-state index is 0.112. The fourth-order valence-corrected chi connectivity index (χ4v) is 3.02. The van der Waals surface area contributed by atoms with Gasteiger partial charge in [0.05, 0.1) is 30.5 Å². The molecule has 0 amide bonds. The lowest BCUT2D eigenvalue weighted by Gasteiger charge is -2.16. The van der Waals surface area contributed by atoms with Crippen LogP contribution in [0.3, 0.4) is 0 Å². The van der Waals surface area contributed by atoms with Crippen LogP contribution in [0.4, 0.5) is 0 Å². The maximum Gasteiger partial charge on any atom is 0.120 e. The Morgan fingerprint density at radius 1 is 1.21 bits per heavy atom. The van der Waals surface area contributed by atoms with Gasteiger partial charge in [-0.15, -0.1) is 0 Å². The SMILES string of the molecule is C[C@@H]1CCOCC[C@@H](C)n2cc(cn2)-c2n[nH]c3ccc(cc23)O1. The Kier molecular flexibility index (Phi) is 3.98. The van der Waals surface area contributed by atoms with Crippen LogP contribution in [0.5, 0.6) is 5.75 Å². The highest BCUT2D eigenvalue weighted by molar-refractivity contribution is 5.93. The molecule has 3 aromatic rings. The molecule has 4 rings (SSSR count). The average molecular weight is 326 g/mol. The van der Waals surface area contributed by atoms with Gasteiger partial charge in [-0.3, -0.25) is 9.78 Å². The molecule has 1 aliphatic rings. The molecular weight excluding hydrogens is 304 g/mol. The number of nitrogens with one attached hydrogen (secondary N) is 1. The van der Waals surface area contributed by atoms with Crippen LogP contribution in [0.15, 0.2) is 30.6 Å². The van der Waals surface area contributed by atoms with Crippen molar-refractivity contribution in [2.45, 2.75) is 38.8 Å². The van der Waals surface area contributed by atoms with Crippen molar-refractivity contribution in [2.24, 2.45) is 0 Å². The largest absolute Gasteiger partial charge is 0.491 e. The van der Waals surface area contributed by atoms with Crippen molar-refractivity contribution in [3.63, 3.8) is 0 Å². The predicted molar refractivity (Wildman–Crippen MR) is 92.2 cm³/mol. The summed E-state index contributed by atoms with van der Waals surface area (Å²) >= 11 is 0. The van der Waals surface area contributed by atoms with Gasteiger partial charge in [-0.2, -0.15) is 10.2 Å². The van der Waals surface area contributed by atoms with Crippen LogP contribution in [0.1, 0.15) is 32.7 Å². The van der Waals surface area contributed by atoms with Gasteiger partial charge in [0, 0.05) is 30.2 Å². The number of aromatic nitrogens is 4. The summed E-state index contributed by atoms with van der Waals surface area (Å²) in [6.07, 6.45) is 5.84. The van der Waals surface area contributed by atoms with E-state index < -0.39 is 0 Å². The summed E-state index contributed by atoms with van der Waals surface area (Å²) in [5.74, 6) is 0.855. The van der Waals surface area contributed by atoms with Crippen LogP contribution in [0.25, 0.3) is 22.2 Å². The third-order valence-electron chi connectivity index (χ3n) is 4.55. The molecule has 2 aromatic heterocycles. The zero-order chi connectivity index (χ0) is 16.5. The molecule has 0 saturated heterocycles. The normalized spacial score (nSPS) is 22.1. The molecule has 3 heterocycles. The molecule has 24 heavy (non-hydrogen) atoms. The first kappa shape index (κ1) is 15.2. The number of hydrogen-bond acceptors (Lipinski definition) is 4. The van der Waals surface area contributed by atoms with E-state index in [-0.39, 0.29) is 6.10 Å². The van der Waals surface area contributed by atoms with Gasteiger partial charge in [0.2, 0.25) is 0 Å². The molecule has 4 bridgehead atoms. The summed E-state index contributed by atoms with van der Waals surface area (Å²) in [5, 5.41) is 13.1. The van der Waals surface area contributed by atoms with E-state index in [1.165, 1.54) is 0 Å². The first-order valence-corrected chi connectivity index (χ1v) is 8.48. The van der Waals surface area contributed by atoms with Crippen molar-refractivity contribution in [3.8, 4) is 17.0 Å². The maximum absolute atomic E-state index is 6.04. The summed E-state index contributed by atoms with van der Waals surface area (Å²) in [4.78, 5) is 0. The smallest absolute Gasteiger partial charge is 0.120 e. The lowest BCUT2D eigenvalue weighted by molar-refractivity contribution is 0.0899. The number of fused-ring (bicyclic) bond motifs is 4. The predicted octanol–water partition coefficient (Wildman–Crippen LogP) is 3.57. The minimum absolute atomic E-state index is 0.112. The first-order chi connectivity index (χ1) is 11.7. The fourth-order valence-electron chi connectivity index (χ4n) is 3.02. The Labute approximate surface area is 140 Å². The number of ether oxygens (including phenoxy) is 2. The Bertz CT molecular complexity index is 839. The van der Waals surface area contributed by atoms with Gasteiger partial charge in [-0.25, -0.2) is 0 Å². The van der Waals surface area contributed by atoms with Gasteiger partial charge in [-0.1, -0.05) is 0 Å². The highest BCUT2D eigenvalue weighted by Crippen LogP contribution is 2.30. The number of hydrogen-bond donors (Lipinski definition) is 1. The van der Waals surface area contributed by atoms with Crippen LogP contribution in [0, 0.1) is 0 Å². The van der Waals surface area contributed by atoms with E-state index in [1.54, 1.807) is 0 Å². The van der Waals surface area contributed by atoms with Gasteiger partial charge in [0.25, 0.3) is 0 Å². The number of rotatable bonds is 0. The summed E-state index contributed by atoms with van der Waals surface area (Å²) in [6, 6.07) is 6.32. The fraction of sp³-hybridized carbons (Fsp3) is 0.444. The molecule has 0 saturated carbocycles. The second-order valence-corrected chi connectivity index (χ2v) is 6.46. The maximum atomic E-state index is 6.04. The van der Waals surface area contributed by atoms with E-state index in [0.717, 1.165) is 47.4 Å². The van der Waals surface area contributed by atoms with Crippen LogP contribution in [-0.2, 0) is 4.74 Å². The van der Waals surface area contributed by atoms with Gasteiger partial charge < -0.3 is 9.47 Å². The molecule has 0 unspecified atom stereocenters. The Hall–Kier alpha value is -2.34. The standard InChI is InChI=1S/C18H22N4O2/c1-12-5-7-23-8-6-13(2)24-15-3-4-17-16(9-15)18(21-20-17)14-10-19-22(12)11-14/h3-4,9-13H,5-8H2,1-2H3,(H,20,21)/t12-,13-/m1/s1. The van der Waals surface area contributed by atoms with Crippen molar-refractivity contribution in [3.05, 3.63) is 30.6 Å². The first-order valence-electron chi connectivity index (χ1n) is 8.48. The summed E-state index contributed by atoms with van der Waals surface area (Å²) in [5.41, 5.74) is 2.92. The van der Waals surface area contributed by atoms with Crippen LogP contribution < -0.4 is 4.74 Å². The van der Waals surface area contributed by atoms with Crippen molar-refractivity contribution in [1.82, 2.24) is 20.0 Å². The molecule has 2 atom stereocenters. The number of benzene rings is 1. The zero-order valence-electron chi connectivity index (χ0n) is 14.0. The Balaban J connectivity index is 1.78. The van der Waals surface area contributed by atoms with E-state index in [2.05, 4.69) is 35.3 Å². The van der Waals surface area contributed by atoms with Crippen molar-refractivity contribution >= 4 is 10.9 Å². The Morgan fingerprint density at radius 3 is 3.00 bits per heavy atom. The number of aromatic amines is 1. The lowest BCUT2D eigenvalue weighted by Crippen LogP contribution is -2.15. The average Bonchev–Trinajstić information content (AvgIpc) is 3.19. The quantitative estimate of drug-likeness (QED) is 0.686. The van der Waals surface area contributed by atoms with Crippen LogP contribution in [-0.4, -0.2) is 39.3 Å². The summed E-state index contributed by atoms with van der Waals surface area (Å²) in [6.45, 7) is 5.67. The van der Waals surface area contributed by atoms with Crippen molar-refractivity contribution < 1.29 is 9.47 Å². The van der Waals surface area contributed by atoms with Gasteiger partial charge in [0.1, 0.15) is 11.4 Å². The molecule has 0 radical (unpaired) electrons. The van der Waals surface area contributed by atoms with E-state index in [9.17, 15) is 0 Å². The van der Waals surface area contributed by atoms with Gasteiger partial charge in [0.15, 0.2) is 0 Å². The molecular formula is C18H22N4O2. The van der Waals surface area contributed by atoms with E-state index in [4.69, 9.17) is 9.47 Å². The van der Waals surface area contributed by atoms with E-state index >= 15 is 0 Å². The third kappa shape index (κ3) is 2.89. The summed E-state index contributed by atoms with van der Waals surface area (Å²) in [7, 11) is 0. The van der Waals surface area contributed by atoms with Crippen molar-refractivity contribution in [1.29, 1.82) is 0 Å². The topological polar surface area (TPSA) is 65.0 Å².